The lowest BCUT2D eigenvalue weighted by Crippen LogP contribution is -2.49. The van der Waals surface area contributed by atoms with Crippen molar-refractivity contribution in [3.8, 4) is 0 Å². The zero-order valence-electron chi connectivity index (χ0n) is 13.9. The molecule has 7 heteroatoms. The predicted octanol–water partition coefficient (Wildman–Crippen LogP) is 3.46. The second-order valence-corrected chi connectivity index (χ2v) is 6.22. The SMILES string of the molecule is CC(=O)N1CCC[C@@H]1C(=O)N(c1cccc(C(F)(F)F)c1)C(C)C. The summed E-state index contributed by atoms with van der Waals surface area (Å²) >= 11 is 0. The third-order valence-electron chi connectivity index (χ3n) is 4.15. The maximum atomic E-state index is 12.9. The fraction of sp³-hybridized carbons (Fsp3) is 0.529. The largest absolute Gasteiger partial charge is 0.416 e. The molecule has 1 atom stereocenters. The average molecular weight is 342 g/mol. The van der Waals surface area contributed by atoms with Gasteiger partial charge in [0, 0.05) is 25.2 Å². The highest BCUT2D eigenvalue weighted by Gasteiger charge is 2.37. The van der Waals surface area contributed by atoms with E-state index >= 15 is 0 Å². The van der Waals surface area contributed by atoms with Gasteiger partial charge in [-0.25, -0.2) is 0 Å². The Morgan fingerprint density at radius 1 is 1.29 bits per heavy atom. The molecule has 1 heterocycles. The summed E-state index contributed by atoms with van der Waals surface area (Å²) in [7, 11) is 0. The van der Waals surface area contributed by atoms with Crippen molar-refractivity contribution in [2.75, 3.05) is 11.4 Å². The Hall–Kier alpha value is -2.05. The number of rotatable bonds is 3. The molecule has 4 nitrogen and oxygen atoms in total. The molecule has 1 saturated heterocycles. The lowest BCUT2D eigenvalue weighted by atomic mass is 10.1. The van der Waals surface area contributed by atoms with Crippen LogP contribution in [0.5, 0.6) is 0 Å². The minimum Gasteiger partial charge on any atom is -0.331 e. The zero-order valence-corrected chi connectivity index (χ0v) is 13.9. The smallest absolute Gasteiger partial charge is 0.331 e. The quantitative estimate of drug-likeness (QED) is 0.844. The molecule has 0 N–H and O–H groups in total. The standard InChI is InChI=1S/C17H21F3N2O2/c1-11(2)22(14-7-4-6-13(10-14)17(18,19)20)16(24)15-8-5-9-21(15)12(3)23/h4,6-7,10-11,15H,5,8-9H2,1-3H3/t15-/m1/s1. The molecule has 1 aliphatic rings. The van der Waals surface area contributed by atoms with Gasteiger partial charge in [0.25, 0.3) is 0 Å². The van der Waals surface area contributed by atoms with Crippen molar-refractivity contribution in [2.45, 2.75) is 51.9 Å². The number of benzene rings is 1. The molecule has 24 heavy (non-hydrogen) atoms. The number of anilines is 1. The van der Waals surface area contributed by atoms with E-state index in [4.69, 9.17) is 0 Å². The van der Waals surface area contributed by atoms with E-state index < -0.39 is 17.8 Å². The molecule has 0 spiro atoms. The fourth-order valence-electron chi connectivity index (χ4n) is 3.07. The predicted molar refractivity (Wildman–Crippen MR) is 84.5 cm³/mol. The van der Waals surface area contributed by atoms with Crippen molar-refractivity contribution >= 4 is 17.5 Å². The van der Waals surface area contributed by atoms with Gasteiger partial charge in [-0.15, -0.1) is 0 Å². The Morgan fingerprint density at radius 2 is 1.96 bits per heavy atom. The van der Waals surface area contributed by atoms with E-state index in [0.717, 1.165) is 12.1 Å². The van der Waals surface area contributed by atoms with E-state index in [2.05, 4.69) is 0 Å². The molecule has 1 aromatic carbocycles. The van der Waals surface area contributed by atoms with Gasteiger partial charge in [0.15, 0.2) is 0 Å². The summed E-state index contributed by atoms with van der Waals surface area (Å²) < 4.78 is 38.8. The van der Waals surface area contributed by atoms with E-state index in [-0.39, 0.29) is 23.5 Å². The Morgan fingerprint density at radius 3 is 2.50 bits per heavy atom. The second-order valence-electron chi connectivity index (χ2n) is 6.22. The van der Waals surface area contributed by atoms with Crippen LogP contribution in [0.15, 0.2) is 24.3 Å². The van der Waals surface area contributed by atoms with Gasteiger partial charge in [-0.3, -0.25) is 9.59 Å². The van der Waals surface area contributed by atoms with Crippen LogP contribution >= 0.6 is 0 Å². The monoisotopic (exact) mass is 342 g/mol. The van der Waals surface area contributed by atoms with Gasteiger partial charge in [-0.05, 0) is 44.9 Å². The zero-order chi connectivity index (χ0) is 18.1. The maximum Gasteiger partial charge on any atom is 0.416 e. The third kappa shape index (κ3) is 3.71. The summed E-state index contributed by atoms with van der Waals surface area (Å²) in [6.07, 6.45) is -3.23. The first kappa shape index (κ1) is 18.3. The van der Waals surface area contributed by atoms with E-state index in [9.17, 15) is 22.8 Å². The van der Waals surface area contributed by atoms with Crippen LogP contribution in [0.2, 0.25) is 0 Å². The first-order valence-electron chi connectivity index (χ1n) is 7.90. The number of carbonyl (C=O) groups is 2. The topological polar surface area (TPSA) is 40.6 Å². The van der Waals surface area contributed by atoms with Crippen LogP contribution in [0.25, 0.3) is 0 Å². The molecule has 0 unspecified atom stereocenters. The molecular weight excluding hydrogens is 321 g/mol. The minimum atomic E-state index is -4.47. The van der Waals surface area contributed by atoms with Crippen molar-refractivity contribution in [3.05, 3.63) is 29.8 Å². The van der Waals surface area contributed by atoms with E-state index in [1.54, 1.807) is 13.8 Å². The fourth-order valence-corrected chi connectivity index (χ4v) is 3.07. The molecule has 0 bridgehead atoms. The number of nitrogens with zero attached hydrogens (tertiary/aromatic N) is 2. The van der Waals surface area contributed by atoms with Gasteiger partial charge < -0.3 is 9.80 Å². The van der Waals surface area contributed by atoms with Gasteiger partial charge in [0.1, 0.15) is 6.04 Å². The first-order valence-corrected chi connectivity index (χ1v) is 7.90. The Balaban J connectivity index is 2.36. The molecule has 1 aliphatic heterocycles. The summed E-state index contributed by atoms with van der Waals surface area (Å²) in [6, 6.07) is 3.79. The lowest BCUT2D eigenvalue weighted by molar-refractivity contribution is -0.137. The van der Waals surface area contributed by atoms with Gasteiger partial charge in [-0.2, -0.15) is 13.2 Å². The molecular formula is C17H21F3N2O2. The summed E-state index contributed by atoms with van der Waals surface area (Å²) in [4.78, 5) is 27.4. The lowest BCUT2D eigenvalue weighted by Gasteiger charge is -2.33. The van der Waals surface area contributed by atoms with Crippen LogP contribution < -0.4 is 4.90 Å². The van der Waals surface area contributed by atoms with E-state index in [1.165, 1.54) is 28.9 Å². The molecule has 0 aromatic heterocycles. The van der Waals surface area contributed by atoms with Gasteiger partial charge in [0.05, 0.1) is 5.56 Å². The number of halogens is 3. The Bertz CT molecular complexity index is 629. The van der Waals surface area contributed by atoms with Crippen molar-refractivity contribution in [1.82, 2.24) is 4.90 Å². The second kappa shape index (κ2) is 6.83. The molecule has 0 radical (unpaired) electrons. The number of hydrogen-bond acceptors (Lipinski definition) is 2. The third-order valence-corrected chi connectivity index (χ3v) is 4.15. The van der Waals surface area contributed by atoms with Crippen LogP contribution in [0.1, 0.15) is 39.2 Å². The van der Waals surface area contributed by atoms with Crippen LogP contribution in [-0.2, 0) is 15.8 Å². The van der Waals surface area contributed by atoms with E-state index in [1.807, 2.05) is 0 Å². The van der Waals surface area contributed by atoms with E-state index in [0.29, 0.717) is 19.4 Å². The first-order chi connectivity index (χ1) is 11.1. The van der Waals surface area contributed by atoms with Crippen molar-refractivity contribution in [2.24, 2.45) is 0 Å². The molecule has 132 valence electrons. The summed E-state index contributed by atoms with van der Waals surface area (Å²) in [5.41, 5.74) is -0.603. The number of hydrogen-bond donors (Lipinski definition) is 0. The molecule has 1 aromatic rings. The number of alkyl halides is 3. The summed E-state index contributed by atoms with van der Waals surface area (Å²) in [5, 5.41) is 0. The molecule has 0 saturated carbocycles. The Kier molecular flexibility index (Phi) is 5.20. The molecule has 0 aliphatic carbocycles. The van der Waals surface area contributed by atoms with Gasteiger partial charge in [-0.1, -0.05) is 6.07 Å². The van der Waals surface area contributed by atoms with Gasteiger partial charge >= 0.3 is 6.18 Å². The molecule has 1 fully saturated rings. The number of carbonyl (C=O) groups excluding carboxylic acids is 2. The van der Waals surface area contributed by atoms with Crippen LogP contribution in [-0.4, -0.2) is 35.3 Å². The molecule has 2 rings (SSSR count). The van der Waals surface area contributed by atoms with Gasteiger partial charge in [0.2, 0.25) is 11.8 Å². The summed E-state index contributed by atoms with van der Waals surface area (Å²) in [5.74, 6) is -0.532. The van der Waals surface area contributed by atoms with Crippen LogP contribution in [0, 0.1) is 0 Å². The average Bonchev–Trinajstić information content (AvgIpc) is 2.96. The minimum absolute atomic E-state index is 0.195. The number of likely N-dealkylation sites (tertiary alicyclic amines) is 1. The summed E-state index contributed by atoms with van der Waals surface area (Å²) in [6.45, 7) is 5.38. The van der Waals surface area contributed by atoms with Crippen LogP contribution in [0.4, 0.5) is 18.9 Å². The van der Waals surface area contributed by atoms with Crippen molar-refractivity contribution < 1.29 is 22.8 Å². The van der Waals surface area contributed by atoms with Crippen molar-refractivity contribution in [3.63, 3.8) is 0 Å². The normalized spacial score (nSPS) is 18.1. The highest BCUT2D eigenvalue weighted by atomic mass is 19.4. The van der Waals surface area contributed by atoms with Crippen LogP contribution in [0.3, 0.4) is 0 Å². The highest BCUT2D eigenvalue weighted by molar-refractivity contribution is 5.99. The molecule has 2 amide bonds. The van der Waals surface area contributed by atoms with Crippen molar-refractivity contribution in [1.29, 1.82) is 0 Å². The maximum absolute atomic E-state index is 12.9. The number of amides is 2. The highest BCUT2D eigenvalue weighted by Crippen LogP contribution is 2.33. The Labute approximate surface area is 139 Å².